The van der Waals surface area contributed by atoms with Gasteiger partial charge >= 0.3 is 0 Å². The van der Waals surface area contributed by atoms with Gasteiger partial charge in [-0.2, -0.15) is 0 Å². The summed E-state index contributed by atoms with van der Waals surface area (Å²) in [7, 11) is 0. The summed E-state index contributed by atoms with van der Waals surface area (Å²) in [5.74, 6) is 0.108. The van der Waals surface area contributed by atoms with Gasteiger partial charge in [-0.15, -0.1) is 0 Å². The van der Waals surface area contributed by atoms with Crippen LogP contribution in [0.5, 0.6) is 5.75 Å². The Morgan fingerprint density at radius 1 is 1.00 bits per heavy atom. The molecule has 0 saturated heterocycles. The molecule has 1 atom stereocenters. The van der Waals surface area contributed by atoms with Gasteiger partial charge in [-0.3, -0.25) is 9.59 Å². The number of benzene rings is 3. The SMILES string of the molecule is CC(C(=O)NC1CCCC1)N(Cc1c(Cl)cccc1Cl)C(=O)COc1cccc2ccccc12. The van der Waals surface area contributed by atoms with Gasteiger partial charge in [0.05, 0.1) is 0 Å². The molecule has 1 fully saturated rings. The largest absolute Gasteiger partial charge is 0.483 e. The number of hydrogen-bond acceptors (Lipinski definition) is 3. The van der Waals surface area contributed by atoms with Crippen molar-refractivity contribution in [2.24, 2.45) is 0 Å². The van der Waals surface area contributed by atoms with Crippen LogP contribution in [0.1, 0.15) is 38.2 Å². The molecule has 0 radical (unpaired) electrons. The van der Waals surface area contributed by atoms with E-state index in [1.165, 1.54) is 4.90 Å². The van der Waals surface area contributed by atoms with Crippen molar-refractivity contribution < 1.29 is 14.3 Å². The van der Waals surface area contributed by atoms with Crippen molar-refractivity contribution in [3.05, 3.63) is 76.3 Å². The van der Waals surface area contributed by atoms with Crippen molar-refractivity contribution in [3.63, 3.8) is 0 Å². The highest BCUT2D eigenvalue weighted by Gasteiger charge is 2.29. The van der Waals surface area contributed by atoms with E-state index in [0.717, 1.165) is 36.5 Å². The van der Waals surface area contributed by atoms with Gasteiger partial charge < -0.3 is 15.0 Å². The molecule has 1 aliphatic carbocycles. The number of ether oxygens (including phenoxy) is 1. The summed E-state index contributed by atoms with van der Waals surface area (Å²) in [4.78, 5) is 27.9. The van der Waals surface area contributed by atoms with Gasteiger partial charge in [0.2, 0.25) is 5.91 Å². The van der Waals surface area contributed by atoms with E-state index in [2.05, 4.69) is 5.32 Å². The van der Waals surface area contributed by atoms with Crippen LogP contribution in [-0.2, 0) is 16.1 Å². The van der Waals surface area contributed by atoms with Gasteiger partial charge in [0.1, 0.15) is 11.8 Å². The first-order valence-corrected chi connectivity index (χ1v) is 12.3. The molecule has 3 aromatic carbocycles. The molecule has 1 unspecified atom stereocenters. The fraction of sp³-hybridized carbons (Fsp3) is 0.333. The third kappa shape index (κ3) is 5.65. The number of nitrogens with one attached hydrogen (secondary N) is 1. The van der Waals surface area contributed by atoms with Crippen LogP contribution in [0.3, 0.4) is 0 Å². The minimum atomic E-state index is -0.712. The van der Waals surface area contributed by atoms with Gasteiger partial charge in [-0.25, -0.2) is 0 Å². The molecule has 0 aliphatic heterocycles. The molecule has 1 aliphatic rings. The van der Waals surface area contributed by atoms with Gasteiger partial charge in [-0.1, -0.05) is 78.5 Å². The lowest BCUT2D eigenvalue weighted by Crippen LogP contribution is -2.50. The summed E-state index contributed by atoms with van der Waals surface area (Å²) >= 11 is 12.8. The molecule has 4 rings (SSSR count). The molecular formula is C27H28Cl2N2O3. The Kier molecular flexibility index (Phi) is 7.96. The number of carbonyl (C=O) groups is 2. The quantitative estimate of drug-likeness (QED) is 0.414. The van der Waals surface area contributed by atoms with Crippen LogP contribution in [0, 0.1) is 0 Å². The zero-order valence-electron chi connectivity index (χ0n) is 19.1. The maximum absolute atomic E-state index is 13.4. The number of halogens is 2. The zero-order valence-corrected chi connectivity index (χ0v) is 20.6. The summed E-state index contributed by atoms with van der Waals surface area (Å²) in [6.45, 7) is 1.62. The fourth-order valence-corrected chi connectivity index (χ4v) is 4.89. The molecule has 34 heavy (non-hydrogen) atoms. The van der Waals surface area contributed by atoms with Crippen LogP contribution in [0.25, 0.3) is 10.8 Å². The third-order valence-corrected chi connectivity index (χ3v) is 7.07. The second-order valence-corrected chi connectivity index (χ2v) is 9.47. The molecule has 0 bridgehead atoms. The number of nitrogens with zero attached hydrogens (tertiary/aromatic N) is 1. The lowest BCUT2D eigenvalue weighted by molar-refractivity contribution is -0.142. The Hall–Kier alpha value is -2.76. The number of rotatable bonds is 8. The number of amides is 2. The molecular weight excluding hydrogens is 471 g/mol. The topological polar surface area (TPSA) is 58.6 Å². The van der Waals surface area contributed by atoms with Crippen LogP contribution in [0.2, 0.25) is 10.0 Å². The minimum Gasteiger partial charge on any atom is -0.483 e. The smallest absolute Gasteiger partial charge is 0.261 e. The molecule has 0 aromatic heterocycles. The summed E-state index contributed by atoms with van der Waals surface area (Å²) in [6.07, 6.45) is 4.14. The number of hydrogen-bond donors (Lipinski definition) is 1. The lowest BCUT2D eigenvalue weighted by Gasteiger charge is -2.30. The Balaban J connectivity index is 1.54. The van der Waals surface area contributed by atoms with Crippen LogP contribution in [0.15, 0.2) is 60.7 Å². The maximum atomic E-state index is 13.4. The summed E-state index contributed by atoms with van der Waals surface area (Å²) in [5.41, 5.74) is 0.602. The standard InChI is InChI=1S/C27H28Cl2N2O3/c1-18(27(33)30-20-10-3-4-11-20)31(16-22-23(28)13-7-14-24(22)29)26(32)17-34-25-15-6-9-19-8-2-5-12-21(19)25/h2,5-9,12-15,18,20H,3-4,10-11,16-17H2,1H3,(H,30,33). The second-order valence-electron chi connectivity index (χ2n) is 8.65. The van der Waals surface area contributed by atoms with E-state index < -0.39 is 6.04 Å². The number of fused-ring (bicyclic) bond motifs is 1. The lowest BCUT2D eigenvalue weighted by atomic mass is 10.1. The highest BCUT2D eigenvalue weighted by molar-refractivity contribution is 6.36. The van der Waals surface area contributed by atoms with Crippen LogP contribution in [-0.4, -0.2) is 35.4 Å². The average molecular weight is 499 g/mol. The number of carbonyl (C=O) groups excluding carboxylic acids is 2. The average Bonchev–Trinajstić information content (AvgIpc) is 3.35. The van der Waals surface area contributed by atoms with Crippen molar-refractivity contribution in [2.75, 3.05) is 6.61 Å². The Morgan fingerprint density at radius 2 is 1.65 bits per heavy atom. The van der Waals surface area contributed by atoms with Crippen molar-refractivity contribution in [1.82, 2.24) is 10.2 Å². The summed E-state index contributed by atoms with van der Waals surface area (Å²) < 4.78 is 5.93. The summed E-state index contributed by atoms with van der Waals surface area (Å²) in [5, 5.41) is 5.93. The van der Waals surface area contributed by atoms with E-state index in [1.807, 2.05) is 42.5 Å². The molecule has 178 valence electrons. The van der Waals surface area contributed by atoms with Crippen LogP contribution >= 0.6 is 23.2 Å². The molecule has 3 aromatic rings. The Morgan fingerprint density at radius 3 is 2.38 bits per heavy atom. The van der Waals surface area contributed by atoms with Gasteiger partial charge in [0.25, 0.3) is 5.91 Å². The van der Waals surface area contributed by atoms with E-state index in [0.29, 0.717) is 21.4 Å². The molecule has 5 nitrogen and oxygen atoms in total. The van der Waals surface area contributed by atoms with E-state index in [4.69, 9.17) is 27.9 Å². The molecule has 1 saturated carbocycles. The molecule has 0 spiro atoms. The Labute approximate surface area is 210 Å². The molecule has 0 heterocycles. The first kappa shape index (κ1) is 24.4. The minimum absolute atomic E-state index is 0.107. The first-order chi connectivity index (χ1) is 16.4. The van der Waals surface area contributed by atoms with E-state index >= 15 is 0 Å². The van der Waals surface area contributed by atoms with E-state index in [-0.39, 0.29) is 31.0 Å². The first-order valence-electron chi connectivity index (χ1n) is 11.6. The van der Waals surface area contributed by atoms with Gasteiger partial charge in [0, 0.05) is 33.6 Å². The van der Waals surface area contributed by atoms with Crippen molar-refractivity contribution in [1.29, 1.82) is 0 Å². The van der Waals surface area contributed by atoms with Crippen molar-refractivity contribution in [2.45, 2.75) is 51.2 Å². The zero-order chi connectivity index (χ0) is 24.1. The highest BCUT2D eigenvalue weighted by Crippen LogP contribution is 2.28. The maximum Gasteiger partial charge on any atom is 0.261 e. The fourth-order valence-electron chi connectivity index (χ4n) is 4.37. The second kappa shape index (κ2) is 11.1. The molecule has 7 heteroatoms. The van der Waals surface area contributed by atoms with Gasteiger partial charge in [-0.05, 0) is 43.4 Å². The van der Waals surface area contributed by atoms with Crippen molar-refractivity contribution in [3.8, 4) is 5.75 Å². The van der Waals surface area contributed by atoms with Crippen LogP contribution < -0.4 is 10.1 Å². The molecule has 1 N–H and O–H groups in total. The highest BCUT2D eigenvalue weighted by atomic mass is 35.5. The van der Waals surface area contributed by atoms with Gasteiger partial charge in [0.15, 0.2) is 6.61 Å². The normalized spacial score (nSPS) is 14.7. The predicted octanol–water partition coefficient (Wildman–Crippen LogP) is 6.00. The summed E-state index contributed by atoms with van der Waals surface area (Å²) in [6, 6.07) is 18.2. The third-order valence-electron chi connectivity index (χ3n) is 6.36. The Bertz CT molecular complexity index is 1150. The van der Waals surface area contributed by atoms with Crippen molar-refractivity contribution >= 4 is 45.8 Å². The predicted molar refractivity (Wildman–Crippen MR) is 136 cm³/mol. The monoisotopic (exact) mass is 498 g/mol. The van der Waals surface area contributed by atoms with Crippen LogP contribution in [0.4, 0.5) is 0 Å². The van der Waals surface area contributed by atoms with E-state index in [9.17, 15) is 9.59 Å². The molecule has 2 amide bonds. The van der Waals surface area contributed by atoms with E-state index in [1.54, 1.807) is 25.1 Å².